The van der Waals surface area contributed by atoms with Gasteiger partial charge in [-0.05, 0) is 6.42 Å². The summed E-state index contributed by atoms with van der Waals surface area (Å²) in [5.74, 6) is 6.28. The molecule has 0 aromatic heterocycles. The van der Waals surface area contributed by atoms with Gasteiger partial charge in [0.2, 0.25) is 0 Å². The third kappa shape index (κ3) is 12.3. The molecule has 0 spiro atoms. The lowest BCUT2D eigenvalue weighted by molar-refractivity contribution is 0.594. The number of alkyl halides is 1. The largest absolute Gasteiger partial charge is 0.103 e. The molecule has 0 aliphatic heterocycles. The maximum Gasteiger partial charge on any atom is 0.0609 e. The van der Waals surface area contributed by atoms with Gasteiger partial charge in [0.05, 0.1) is 4.43 Å². The monoisotopic (exact) mass is 292 g/mol. The Bertz CT molecular complexity index is 141. The quantitative estimate of drug-likeness (QED) is 0.279. The Kier molecular flexibility index (Phi) is 12.6. The normalized spacial score (nSPS) is 9.38. The second kappa shape index (κ2) is 12.3. The van der Waals surface area contributed by atoms with Crippen LogP contribution in [0.1, 0.15) is 58.3 Å². The van der Waals surface area contributed by atoms with Gasteiger partial charge in [-0.2, -0.15) is 0 Å². The Balaban J connectivity index is 2.91. The molecule has 0 N–H and O–H groups in total. The Morgan fingerprint density at radius 1 is 0.846 bits per heavy atom. The SMILES string of the molecule is CCCCCCCCCC#CCI. The van der Waals surface area contributed by atoms with Crippen molar-refractivity contribution in [2.75, 3.05) is 4.43 Å². The summed E-state index contributed by atoms with van der Waals surface area (Å²) >= 11 is 2.30. The summed E-state index contributed by atoms with van der Waals surface area (Å²) in [4.78, 5) is 0. The van der Waals surface area contributed by atoms with Gasteiger partial charge >= 0.3 is 0 Å². The van der Waals surface area contributed by atoms with E-state index >= 15 is 0 Å². The third-order valence-electron chi connectivity index (χ3n) is 2.10. The van der Waals surface area contributed by atoms with Crippen LogP contribution in [0.2, 0.25) is 0 Å². The first kappa shape index (κ1) is 13.3. The van der Waals surface area contributed by atoms with Crippen LogP contribution in [0.3, 0.4) is 0 Å². The maximum atomic E-state index is 3.18. The zero-order valence-corrected chi connectivity index (χ0v) is 10.9. The highest BCUT2D eigenvalue weighted by molar-refractivity contribution is 14.1. The van der Waals surface area contributed by atoms with Gasteiger partial charge in [0.15, 0.2) is 0 Å². The molecule has 0 saturated carbocycles. The molecule has 0 saturated heterocycles. The summed E-state index contributed by atoms with van der Waals surface area (Å²) in [6, 6.07) is 0. The Hall–Kier alpha value is 0.290. The minimum absolute atomic E-state index is 0.980. The summed E-state index contributed by atoms with van der Waals surface area (Å²) in [6.45, 7) is 2.26. The van der Waals surface area contributed by atoms with Gasteiger partial charge in [0, 0.05) is 6.42 Å². The molecule has 0 aliphatic rings. The van der Waals surface area contributed by atoms with E-state index in [0.29, 0.717) is 0 Å². The molecule has 13 heavy (non-hydrogen) atoms. The zero-order valence-electron chi connectivity index (χ0n) is 8.74. The molecule has 0 aromatic rings. The number of hydrogen-bond acceptors (Lipinski definition) is 0. The van der Waals surface area contributed by atoms with Gasteiger partial charge in [0.25, 0.3) is 0 Å². The summed E-state index contributed by atoms with van der Waals surface area (Å²) in [6.07, 6.45) is 10.8. The first-order valence-corrected chi connectivity index (χ1v) is 6.96. The molecule has 0 heterocycles. The molecule has 1 heteroatoms. The summed E-state index contributed by atoms with van der Waals surface area (Å²) in [5.41, 5.74) is 0. The number of hydrogen-bond donors (Lipinski definition) is 0. The highest BCUT2D eigenvalue weighted by Gasteiger charge is 1.88. The first-order valence-electron chi connectivity index (χ1n) is 5.43. The van der Waals surface area contributed by atoms with Gasteiger partial charge in [-0.1, -0.05) is 74.0 Å². The third-order valence-corrected chi connectivity index (χ3v) is 2.48. The van der Waals surface area contributed by atoms with Crippen molar-refractivity contribution in [3.63, 3.8) is 0 Å². The first-order chi connectivity index (χ1) is 6.41. The molecule has 0 radical (unpaired) electrons. The van der Waals surface area contributed by atoms with Crippen molar-refractivity contribution in [2.24, 2.45) is 0 Å². The van der Waals surface area contributed by atoms with Crippen molar-refractivity contribution >= 4 is 22.6 Å². The van der Waals surface area contributed by atoms with E-state index in [1.54, 1.807) is 0 Å². The van der Waals surface area contributed by atoms with Gasteiger partial charge in [-0.15, -0.1) is 5.92 Å². The molecule has 0 unspecified atom stereocenters. The maximum absolute atomic E-state index is 3.18. The van der Waals surface area contributed by atoms with Crippen molar-refractivity contribution in [1.29, 1.82) is 0 Å². The van der Waals surface area contributed by atoms with Crippen LogP contribution in [0.5, 0.6) is 0 Å². The molecule has 0 rings (SSSR count). The van der Waals surface area contributed by atoms with Crippen molar-refractivity contribution in [3.05, 3.63) is 0 Å². The van der Waals surface area contributed by atoms with Crippen LogP contribution >= 0.6 is 22.6 Å². The standard InChI is InChI=1S/C12H21I/c1-2-3-4-5-6-7-8-9-10-11-12-13/h2-9,12H2,1H3. The molecular weight excluding hydrogens is 271 g/mol. The fourth-order valence-electron chi connectivity index (χ4n) is 1.31. The van der Waals surface area contributed by atoms with Crippen LogP contribution in [-0.2, 0) is 0 Å². The van der Waals surface area contributed by atoms with Crippen molar-refractivity contribution in [3.8, 4) is 11.8 Å². The van der Waals surface area contributed by atoms with Crippen LogP contribution in [0.4, 0.5) is 0 Å². The van der Waals surface area contributed by atoms with E-state index in [4.69, 9.17) is 0 Å². The Morgan fingerprint density at radius 3 is 2.08 bits per heavy atom. The van der Waals surface area contributed by atoms with Crippen molar-refractivity contribution in [2.45, 2.75) is 58.3 Å². The summed E-state index contributed by atoms with van der Waals surface area (Å²) < 4.78 is 0.980. The second-order valence-corrected chi connectivity index (χ2v) is 4.12. The summed E-state index contributed by atoms with van der Waals surface area (Å²) in [7, 11) is 0. The lowest BCUT2D eigenvalue weighted by atomic mass is 10.1. The lowest BCUT2D eigenvalue weighted by Crippen LogP contribution is -1.79. The average molecular weight is 292 g/mol. The Labute approximate surface area is 97.0 Å². The topological polar surface area (TPSA) is 0 Å². The lowest BCUT2D eigenvalue weighted by Gasteiger charge is -1.97. The van der Waals surface area contributed by atoms with Crippen LogP contribution in [0.25, 0.3) is 0 Å². The van der Waals surface area contributed by atoms with Crippen LogP contribution in [-0.4, -0.2) is 4.43 Å². The minimum atomic E-state index is 0.980. The zero-order chi connectivity index (χ0) is 9.78. The molecule has 0 amide bonds. The van der Waals surface area contributed by atoms with Gasteiger partial charge in [0.1, 0.15) is 0 Å². The predicted octanol–water partition coefficient (Wildman–Crippen LogP) is 4.57. The molecule has 76 valence electrons. The molecule has 0 atom stereocenters. The predicted molar refractivity (Wildman–Crippen MR) is 69.3 cm³/mol. The molecule has 0 fully saturated rings. The molecule has 0 nitrogen and oxygen atoms in total. The number of rotatable bonds is 7. The molecular formula is C12H21I. The molecule has 0 bridgehead atoms. The fraction of sp³-hybridized carbons (Fsp3) is 0.833. The molecule has 0 aromatic carbocycles. The number of halogens is 1. The van der Waals surface area contributed by atoms with Crippen molar-refractivity contribution < 1.29 is 0 Å². The highest BCUT2D eigenvalue weighted by atomic mass is 127. The van der Waals surface area contributed by atoms with Gasteiger partial charge < -0.3 is 0 Å². The number of unbranched alkanes of at least 4 members (excludes halogenated alkanes) is 7. The van der Waals surface area contributed by atoms with Crippen molar-refractivity contribution in [1.82, 2.24) is 0 Å². The van der Waals surface area contributed by atoms with E-state index in [0.717, 1.165) is 10.8 Å². The fourth-order valence-corrected chi connectivity index (χ4v) is 1.58. The average Bonchev–Trinajstić information content (AvgIpc) is 2.16. The van der Waals surface area contributed by atoms with Gasteiger partial charge in [-0.3, -0.25) is 0 Å². The minimum Gasteiger partial charge on any atom is -0.103 e. The smallest absolute Gasteiger partial charge is 0.0609 e. The van der Waals surface area contributed by atoms with E-state index in [-0.39, 0.29) is 0 Å². The van der Waals surface area contributed by atoms with Crippen LogP contribution in [0, 0.1) is 11.8 Å². The van der Waals surface area contributed by atoms with E-state index < -0.39 is 0 Å². The van der Waals surface area contributed by atoms with E-state index in [1.807, 2.05) is 0 Å². The molecule has 0 aliphatic carbocycles. The van der Waals surface area contributed by atoms with Gasteiger partial charge in [-0.25, -0.2) is 0 Å². The summed E-state index contributed by atoms with van der Waals surface area (Å²) in [5, 5.41) is 0. The van der Waals surface area contributed by atoms with E-state index in [1.165, 1.54) is 44.9 Å². The van der Waals surface area contributed by atoms with E-state index in [9.17, 15) is 0 Å². The Morgan fingerprint density at radius 2 is 1.46 bits per heavy atom. The van der Waals surface area contributed by atoms with Crippen LogP contribution < -0.4 is 0 Å². The van der Waals surface area contributed by atoms with Crippen LogP contribution in [0.15, 0.2) is 0 Å². The second-order valence-electron chi connectivity index (χ2n) is 3.36. The van der Waals surface area contributed by atoms with E-state index in [2.05, 4.69) is 41.4 Å². The highest BCUT2D eigenvalue weighted by Crippen LogP contribution is 2.07.